The van der Waals surface area contributed by atoms with E-state index in [0.717, 1.165) is 11.0 Å². The Kier molecular flexibility index (Phi) is 6.44. The summed E-state index contributed by atoms with van der Waals surface area (Å²) < 4.78 is 12.1. The molecule has 36 heavy (non-hydrogen) atoms. The summed E-state index contributed by atoms with van der Waals surface area (Å²) in [5, 5.41) is 12.7. The van der Waals surface area contributed by atoms with Gasteiger partial charge in [-0.05, 0) is 64.4 Å². The van der Waals surface area contributed by atoms with Gasteiger partial charge in [-0.2, -0.15) is 0 Å². The molecule has 5 atom stereocenters. The van der Waals surface area contributed by atoms with Crippen LogP contribution in [-0.2, 0) is 19.1 Å². The first-order valence-electron chi connectivity index (χ1n) is 12.6. The van der Waals surface area contributed by atoms with E-state index in [0.29, 0.717) is 30.3 Å². The van der Waals surface area contributed by atoms with Gasteiger partial charge in [0.25, 0.3) is 0 Å². The molecule has 7 heteroatoms. The van der Waals surface area contributed by atoms with Crippen LogP contribution in [0.15, 0.2) is 42.6 Å². The number of rotatable bonds is 3. The number of benzene rings is 1. The summed E-state index contributed by atoms with van der Waals surface area (Å²) in [5.41, 5.74) is -0.390. The van der Waals surface area contributed by atoms with Gasteiger partial charge in [-0.3, -0.25) is 14.2 Å². The fourth-order valence-corrected chi connectivity index (χ4v) is 6.75. The number of ether oxygens (including phenoxy) is 2. The molecule has 3 unspecified atom stereocenters. The van der Waals surface area contributed by atoms with Crippen molar-refractivity contribution in [2.24, 2.45) is 22.7 Å². The number of nitrogens with zero attached hydrogens (tertiary/aromatic N) is 1. The summed E-state index contributed by atoms with van der Waals surface area (Å²) >= 11 is 0. The normalized spacial score (nSPS) is 29.5. The van der Waals surface area contributed by atoms with Crippen LogP contribution in [0.3, 0.4) is 0 Å². The quantitative estimate of drug-likeness (QED) is 0.339. The highest BCUT2D eigenvalue weighted by Crippen LogP contribution is 2.63. The molecule has 2 fully saturated rings. The number of fused-ring (bicyclic) bond motifs is 2. The third-order valence-electron chi connectivity index (χ3n) is 8.44. The number of carbonyl (C=O) groups excluding carboxylic acids is 3. The van der Waals surface area contributed by atoms with Crippen molar-refractivity contribution in [1.29, 1.82) is 0 Å². The monoisotopic (exact) mass is 495 g/mol. The van der Waals surface area contributed by atoms with Gasteiger partial charge in [-0.15, -0.1) is 0 Å². The predicted octanol–water partition coefficient (Wildman–Crippen LogP) is 5.59. The van der Waals surface area contributed by atoms with Crippen molar-refractivity contribution in [3.05, 3.63) is 48.2 Å². The highest BCUT2D eigenvalue weighted by atomic mass is 16.6. The highest BCUT2D eigenvalue weighted by molar-refractivity contribution is 6.04. The van der Waals surface area contributed by atoms with E-state index in [-0.39, 0.29) is 18.1 Å². The lowest BCUT2D eigenvalue weighted by molar-refractivity contribution is -0.176. The minimum atomic E-state index is -1.27. The summed E-state index contributed by atoms with van der Waals surface area (Å²) in [7, 11) is 1.31. The van der Waals surface area contributed by atoms with E-state index in [1.807, 2.05) is 45.0 Å². The summed E-state index contributed by atoms with van der Waals surface area (Å²) in [6.07, 6.45) is 2.11. The number of aromatic nitrogens is 1. The molecule has 0 bridgehead atoms. The van der Waals surface area contributed by atoms with E-state index in [9.17, 15) is 19.5 Å². The van der Waals surface area contributed by atoms with Crippen molar-refractivity contribution in [3.63, 3.8) is 0 Å². The molecule has 1 aromatic carbocycles. The van der Waals surface area contributed by atoms with Crippen LogP contribution < -0.4 is 0 Å². The van der Waals surface area contributed by atoms with E-state index in [1.54, 1.807) is 13.1 Å². The molecule has 7 nitrogen and oxygen atoms in total. The molecule has 1 heterocycles. The molecule has 1 N–H and O–H groups in total. The number of carbonyl (C=O) groups is 3. The average molecular weight is 496 g/mol. The number of methoxy groups -OCH3 is 1. The third-order valence-corrected chi connectivity index (χ3v) is 8.44. The van der Waals surface area contributed by atoms with Gasteiger partial charge in [0.2, 0.25) is 0 Å². The van der Waals surface area contributed by atoms with Crippen molar-refractivity contribution in [2.75, 3.05) is 7.11 Å². The van der Waals surface area contributed by atoms with Gasteiger partial charge < -0.3 is 14.6 Å². The standard InChI is InChI=1S/C29H37NO6/c1-17-12-13-21-28(5,15-14-22(31)29(21,6)25(33)35-7)23(17)24(32)19-16-30(26(34)36-27(2,3)4)20-11-9-8-10-18(19)20/h8-11,16,21,23-24,32H,1,12-15H2,2-7H3/t21-,23-,24?,28?,29?/m1/s1. The molecular formula is C29H37NO6. The molecule has 2 aromatic rings. The van der Waals surface area contributed by atoms with Gasteiger partial charge in [0.15, 0.2) is 0 Å². The molecule has 194 valence electrons. The first kappa shape index (κ1) is 26.1. The lowest BCUT2D eigenvalue weighted by Gasteiger charge is -2.57. The van der Waals surface area contributed by atoms with Crippen molar-refractivity contribution < 1.29 is 29.0 Å². The maximum absolute atomic E-state index is 13.1. The highest BCUT2D eigenvalue weighted by Gasteiger charge is 2.63. The Bertz CT molecular complexity index is 1230. The van der Waals surface area contributed by atoms with Crippen LogP contribution in [0.2, 0.25) is 0 Å². The van der Waals surface area contributed by atoms with E-state index in [1.165, 1.54) is 11.7 Å². The van der Waals surface area contributed by atoms with E-state index < -0.39 is 40.5 Å². The zero-order valence-corrected chi connectivity index (χ0v) is 22.1. The van der Waals surface area contributed by atoms with Crippen LogP contribution in [0.1, 0.15) is 72.0 Å². The van der Waals surface area contributed by atoms with Crippen molar-refractivity contribution >= 4 is 28.7 Å². The van der Waals surface area contributed by atoms with Gasteiger partial charge in [-0.25, -0.2) is 4.79 Å². The molecule has 0 radical (unpaired) electrons. The molecule has 1 aromatic heterocycles. The summed E-state index contributed by atoms with van der Waals surface area (Å²) in [5.74, 6) is -1.35. The Hall–Kier alpha value is -2.93. The van der Waals surface area contributed by atoms with Crippen LogP contribution in [-0.4, -0.2) is 40.2 Å². The molecule has 0 spiro atoms. The van der Waals surface area contributed by atoms with Crippen LogP contribution in [0.4, 0.5) is 4.79 Å². The van der Waals surface area contributed by atoms with E-state index >= 15 is 0 Å². The third kappa shape index (κ3) is 3.97. The molecule has 2 aliphatic carbocycles. The molecule has 4 rings (SSSR count). The first-order chi connectivity index (χ1) is 16.8. The van der Waals surface area contributed by atoms with E-state index in [4.69, 9.17) is 9.47 Å². The number of hydrogen-bond donors (Lipinski definition) is 1. The van der Waals surface area contributed by atoms with Crippen molar-refractivity contribution in [2.45, 2.75) is 72.0 Å². The number of hydrogen-bond acceptors (Lipinski definition) is 6. The summed E-state index contributed by atoms with van der Waals surface area (Å²) in [4.78, 5) is 39.0. The second-order valence-corrected chi connectivity index (χ2v) is 11.7. The van der Waals surface area contributed by atoms with Crippen molar-refractivity contribution in [3.8, 4) is 0 Å². The number of esters is 1. The second kappa shape index (κ2) is 8.87. The Balaban J connectivity index is 1.81. The van der Waals surface area contributed by atoms with Gasteiger partial charge in [-0.1, -0.05) is 37.3 Å². The maximum atomic E-state index is 13.1. The minimum absolute atomic E-state index is 0.112. The lowest BCUT2D eigenvalue weighted by atomic mass is 9.46. The van der Waals surface area contributed by atoms with Gasteiger partial charge in [0, 0.05) is 29.5 Å². The zero-order valence-electron chi connectivity index (χ0n) is 22.1. The van der Waals surface area contributed by atoms with Crippen LogP contribution in [0, 0.1) is 22.7 Å². The molecule has 0 saturated heterocycles. The Morgan fingerprint density at radius 1 is 1.19 bits per heavy atom. The lowest BCUT2D eigenvalue weighted by Crippen LogP contribution is -2.58. The molecule has 0 aliphatic heterocycles. The number of aliphatic hydroxyl groups is 1. The van der Waals surface area contributed by atoms with Gasteiger partial charge in [0.05, 0.1) is 18.7 Å². The van der Waals surface area contributed by atoms with Gasteiger partial charge >= 0.3 is 12.1 Å². The minimum Gasteiger partial charge on any atom is -0.468 e. The molecule has 2 saturated carbocycles. The Morgan fingerprint density at radius 2 is 1.86 bits per heavy atom. The molecule has 2 aliphatic rings. The smallest absolute Gasteiger partial charge is 0.419 e. The molecular weight excluding hydrogens is 458 g/mol. The Morgan fingerprint density at radius 3 is 2.50 bits per heavy atom. The molecule has 0 amide bonds. The largest absolute Gasteiger partial charge is 0.468 e. The van der Waals surface area contributed by atoms with Crippen LogP contribution in [0.5, 0.6) is 0 Å². The van der Waals surface area contributed by atoms with Crippen LogP contribution >= 0.6 is 0 Å². The number of para-hydroxylation sites is 1. The topological polar surface area (TPSA) is 94.8 Å². The first-order valence-corrected chi connectivity index (χ1v) is 12.6. The van der Waals surface area contributed by atoms with Crippen molar-refractivity contribution in [1.82, 2.24) is 4.57 Å². The SMILES string of the molecule is C=C1CC[C@H]2C(C)(C(=O)OC)C(=O)CCC2(C)[C@H]1C(O)c1cn(C(=O)OC(C)(C)C)c2ccccc12. The zero-order chi connectivity index (χ0) is 26.6. The fourth-order valence-electron chi connectivity index (χ4n) is 6.75. The second-order valence-electron chi connectivity index (χ2n) is 11.7. The van der Waals surface area contributed by atoms with E-state index in [2.05, 4.69) is 13.5 Å². The maximum Gasteiger partial charge on any atom is 0.419 e. The fraction of sp³-hybridized carbons (Fsp3) is 0.552. The van der Waals surface area contributed by atoms with Gasteiger partial charge in [0.1, 0.15) is 16.8 Å². The average Bonchev–Trinajstić information content (AvgIpc) is 3.20. The number of Topliss-reactive ketones (excluding diaryl/α,β-unsaturated/α-hetero) is 1. The number of aliphatic hydroxyl groups excluding tert-OH is 1. The summed E-state index contributed by atoms with van der Waals surface area (Å²) in [6.45, 7) is 13.5. The predicted molar refractivity (Wildman–Crippen MR) is 136 cm³/mol. The van der Waals surface area contributed by atoms with Crippen LogP contribution in [0.25, 0.3) is 10.9 Å². The Labute approximate surface area is 212 Å². The number of ketones is 1. The summed E-state index contributed by atoms with van der Waals surface area (Å²) in [6, 6.07) is 7.41.